The van der Waals surface area contributed by atoms with Gasteiger partial charge < -0.3 is 0 Å². The van der Waals surface area contributed by atoms with E-state index in [9.17, 15) is 0 Å². The Kier molecular flexibility index (Phi) is 2.24. The van der Waals surface area contributed by atoms with Crippen LogP contribution in [0.5, 0.6) is 0 Å². The molecule has 1 heterocycles. The van der Waals surface area contributed by atoms with Crippen molar-refractivity contribution in [1.82, 2.24) is 0 Å². The highest BCUT2D eigenvalue weighted by atomic mass is 79.9. The third kappa shape index (κ3) is 1.55. The molecule has 0 unspecified atom stereocenters. The van der Waals surface area contributed by atoms with Crippen LogP contribution in [0.15, 0.2) is 21.6 Å². The minimum absolute atomic E-state index is 0.566. The molecule has 0 spiro atoms. The van der Waals surface area contributed by atoms with Crippen molar-refractivity contribution in [1.29, 1.82) is 0 Å². The van der Waals surface area contributed by atoms with E-state index in [0.717, 1.165) is 6.54 Å². The summed E-state index contributed by atoms with van der Waals surface area (Å²) in [7, 11) is 0. The molecular weight excluding hydrogens is 226 g/mol. The molecule has 1 aliphatic rings. The Labute approximate surface area is 87.0 Å². The highest BCUT2D eigenvalue weighted by Crippen LogP contribution is 2.28. The van der Waals surface area contributed by atoms with E-state index < -0.39 is 0 Å². The molecular formula is C11H12BrN. The Balaban J connectivity index is 2.60. The summed E-state index contributed by atoms with van der Waals surface area (Å²) in [5, 5.41) is 0. The summed E-state index contributed by atoms with van der Waals surface area (Å²) in [6, 6.07) is 4.36. The average molecular weight is 238 g/mol. The fraction of sp³-hybridized carbons (Fsp3) is 0.364. The molecule has 1 aliphatic heterocycles. The maximum Gasteiger partial charge on any atom is 0.0646 e. The van der Waals surface area contributed by atoms with Gasteiger partial charge in [-0.25, -0.2) is 0 Å². The topological polar surface area (TPSA) is 12.4 Å². The van der Waals surface area contributed by atoms with Crippen molar-refractivity contribution in [2.24, 2.45) is 4.99 Å². The van der Waals surface area contributed by atoms with Crippen LogP contribution in [0.1, 0.15) is 36.5 Å². The van der Waals surface area contributed by atoms with Gasteiger partial charge in [0.15, 0.2) is 0 Å². The highest BCUT2D eigenvalue weighted by Gasteiger charge is 2.14. The molecule has 0 N–H and O–H groups in total. The van der Waals surface area contributed by atoms with E-state index in [4.69, 9.17) is 0 Å². The van der Waals surface area contributed by atoms with E-state index in [-0.39, 0.29) is 0 Å². The van der Waals surface area contributed by atoms with Gasteiger partial charge in [-0.3, -0.25) is 4.99 Å². The maximum absolute atomic E-state index is 4.29. The summed E-state index contributed by atoms with van der Waals surface area (Å²) < 4.78 is 1.17. The van der Waals surface area contributed by atoms with Gasteiger partial charge >= 0.3 is 0 Å². The fourth-order valence-electron chi connectivity index (χ4n) is 1.70. The number of halogens is 1. The summed E-state index contributed by atoms with van der Waals surface area (Å²) in [4.78, 5) is 4.29. The standard InChI is InChI=1S/C11H12BrN/c1-7(2)10-4-9(12)3-8-5-13-6-11(8)10/h3-4,6-7H,5H2,1-2H3. The third-order valence-corrected chi connectivity index (χ3v) is 2.82. The highest BCUT2D eigenvalue weighted by molar-refractivity contribution is 9.10. The van der Waals surface area contributed by atoms with Crippen molar-refractivity contribution in [2.45, 2.75) is 26.3 Å². The quantitative estimate of drug-likeness (QED) is 0.709. The van der Waals surface area contributed by atoms with Gasteiger partial charge in [-0.15, -0.1) is 0 Å². The van der Waals surface area contributed by atoms with Crippen LogP contribution in [0, 0.1) is 0 Å². The second kappa shape index (κ2) is 3.26. The first-order chi connectivity index (χ1) is 6.18. The number of nitrogens with zero attached hydrogens (tertiary/aromatic N) is 1. The summed E-state index contributed by atoms with van der Waals surface area (Å²) in [6.45, 7) is 5.27. The van der Waals surface area contributed by atoms with Gasteiger partial charge in [0.1, 0.15) is 0 Å². The molecule has 0 amide bonds. The van der Waals surface area contributed by atoms with E-state index in [1.54, 1.807) is 0 Å². The van der Waals surface area contributed by atoms with Crippen LogP contribution in [0.25, 0.3) is 0 Å². The SMILES string of the molecule is CC(C)c1cc(Br)cc2c1C=NC2. The summed E-state index contributed by atoms with van der Waals surface area (Å²) in [5.41, 5.74) is 4.07. The molecule has 0 saturated heterocycles. The summed E-state index contributed by atoms with van der Waals surface area (Å²) in [5.74, 6) is 0.566. The van der Waals surface area contributed by atoms with Crippen LogP contribution in [-0.2, 0) is 6.54 Å². The molecule has 0 bridgehead atoms. The van der Waals surface area contributed by atoms with Gasteiger partial charge in [0.25, 0.3) is 0 Å². The molecule has 1 aromatic carbocycles. The molecule has 2 heteroatoms. The number of rotatable bonds is 1. The van der Waals surface area contributed by atoms with Gasteiger partial charge in [-0.1, -0.05) is 29.8 Å². The Morgan fingerprint density at radius 1 is 1.38 bits per heavy atom. The predicted octanol–water partition coefficient (Wildman–Crippen LogP) is 3.51. The molecule has 0 fully saturated rings. The number of benzene rings is 1. The number of hydrogen-bond donors (Lipinski definition) is 0. The average Bonchev–Trinajstić information content (AvgIpc) is 2.49. The predicted molar refractivity (Wildman–Crippen MR) is 59.5 cm³/mol. The van der Waals surface area contributed by atoms with Crippen molar-refractivity contribution in [3.63, 3.8) is 0 Å². The fourth-order valence-corrected chi connectivity index (χ4v) is 2.22. The molecule has 0 saturated carbocycles. The number of hydrogen-bond acceptors (Lipinski definition) is 1. The molecule has 13 heavy (non-hydrogen) atoms. The second-order valence-electron chi connectivity index (χ2n) is 3.69. The lowest BCUT2D eigenvalue weighted by Gasteiger charge is -2.10. The van der Waals surface area contributed by atoms with Crippen molar-refractivity contribution >= 4 is 22.1 Å². The summed E-state index contributed by atoms with van der Waals surface area (Å²) >= 11 is 3.53. The zero-order valence-electron chi connectivity index (χ0n) is 7.84. The van der Waals surface area contributed by atoms with Gasteiger partial charge in [0.05, 0.1) is 6.54 Å². The second-order valence-corrected chi connectivity index (χ2v) is 4.61. The first kappa shape index (κ1) is 8.95. The van der Waals surface area contributed by atoms with Crippen LogP contribution in [-0.4, -0.2) is 6.21 Å². The number of aliphatic imine (C=N–C) groups is 1. The molecule has 68 valence electrons. The lowest BCUT2D eigenvalue weighted by Crippen LogP contribution is -1.96. The van der Waals surface area contributed by atoms with Crippen LogP contribution < -0.4 is 0 Å². The van der Waals surface area contributed by atoms with Crippen LogP contribution >= 0.6 is 15.9 Å². The molecule has 0 aliphatic carbocycles. The van der Waals surface area contributed by atoms with Crippen molar-refractivity contribution in [3.8, 4) is 0 Å². The van der Waals surface area contributed by atoms with Crippen molar-refractivity contribution in [3.05, 3.63) is 33.3 Å². The zero-order valence-corrected chi connectivity index (χ0v) is 9.43. The van der Waals surface area contributed by atoms with E-state index in [2.05, 4.69) is 46.9 Å². The number of fused-ring (bicyclic) bond motifs is 1. The van der Waals surface area contributed by atoms with Gasteiger partial charge in [0.2, 0.25) is 0 Å². The van der Waals surface area contributed by atoms with E-state index in [0.29, 0.717) is 5.92 Å². The largest absolute Gasteiger partial charge is 0.288 e. The molecule has 0 atom stereocenters. The van der Waals surface area contributed by atoms with Crippen LogP contribution in [0.4, 0.5) is 0 Å². The molecule has 0 radical (unpaired) electrons. The zero-order chi connectivity index (χ0) is 9.42. The minimum atomic E-state index is 0.566. The first-order valence-electron chi connectivity index (χ1n) is 4.50. The van der Waals surface area contributed by atoms with Gasteiger partial charge in [-0.2, -0.15) is 0 Å². The monoisotopic (exact) mass is 237 g/mol. The molecule has 1 aromatic rings. The Morgan fingerprint density at radius 2 is 2.15 bits per heavy atom. The van der Waals surface area contributed by atoms with Crippen molar-refractivity contribution < 1.29 is 0 Å². The Hall–Kier alpha value is -0.630. The smallest absolute Gasteiger partial charge is 0.0646 e. The van der Waals surface area contributed by atoms with E-state index >= 15 is 0 Å². The van der Waals surface area contributed by atoms with Gasteiger partial charge in [-0.05, 0) is 29.2 Å². The molecule has 1 nitrogen and oxygen atoms in total. The normalized spacial score (nSPS) is 13.8. The van der Waals surface area contributed by atoms with Gasteiger partial charge in [0, 0.05) is 16.3 Å². The first-order valence-corrected chi connectivity index (χ1v) is 5.30. The molecule has 2 rings (SSSR count). The Bertz CT molecular complexity index is 367. The minimum Gasteiger partial charge on any atom is -0.288 e. The van der Waals surface area contributed by atoms with E-state index in [1.807, 2.05) is 6.21 Å². The van der Waals surface area contributed by atoms with Crippen LogP contribution in [0.2, 0.25) is 0 Å². The molecule has 0 aromatic heterocycles. The lowest BCUT2D eigenvalue weighted by atomic mass is 9.95. The third-order valence-electron chi connectivity index (χ3n) is 2.37. The maximum atomic E-state index is 4.29. The van der Waals surface area contributed by atoms with Crippen molar-refractivity contribution in [2.75, 3.05) is 0 Å². The van der Waals surface area contributed by atoms with Crippen LogP contribution in [0.3, 0.4) is 0 Å². The Morgan fingerprint density at radius 3 is 2.85 bits per heavy atom. The van der Waals surface area contributed by atoms with E-state index in [1.165, 1.54) is 21.2 Å². The lowest BCUT2D eigenvalue weighted by molar-refractivity contribution is 0.861. The summed E-state index contributed by atoms with van der Waals surface area (Å²) in [6.07, 6.45) is 2.00.